The Morgan fingerprint density at radius 1 is 1.35 bits per heavy atom. The Balaban J connectivity index is 1.73. The molecule has 1 aliphatic heterocycles. The summed E-state index contributed by atoms with van der Waals surface area (Å²) in [5.41, 5.74) is 1.21. The number of morpholine rings is 1. The maximum atomic E-state index is 5.54. The summed E-state index contributed by atoms with van der Waals surface area (Å²) in [6.07, 6.45) is 3.82. The Bertz CT molecular complexity index is 370. The fourth-order valence-electron chi connectivity index (χ4n) is 1.79. The number of rotatable bonds is 4. The van der Waals surface area contributed by atoms with Crippen LogP contribution in [0.3, 0.4) is 0 Å². The molecule has 1 aromatic rings. The van der Waals surface area contributed by atoms with E-state index in [0.29, 0.717) is 0 Å². The van der Waals surface area contributed by atoms with Crippen LogP contribution < -0.4 is 4.74 Å². The second kappa shape index (κ2) is 6.42. The van der Waals surface area contributed by atoms with Gasteiger partial charge in [0, 0.05) is 19.6 Å². The maximum Gasteiger partial charge on any atom is 0.126 e. The Hall–Kier alpha value is -1.32. The molecule has 0 unspecified atom stereocenters. The fourth-order valence-corrected chi connectivity index (χ4v) is 1.79. The molecule has 1 aromatic carbocycles. The standard InChI is InChI=1S/C14H19NO2/c1-13-4-2-5-14(12-13)17-9-3-6-15-7-10-16-11-8-15/h2-5,9,12H,6-8,10-11H2,1H3/b9-3+. The van der Waals surface area contributed by atoms with Crippen molar-refractivity contribution in [3.63, 3.8) is 0 Å². The minimum absolute atomic E-state index is 0.840. The van der Waals surface area contributed by atoms with Crippen molar-refractivity contribution in [2.45, 2.75) is 6.92 Å². The smallest absolute Gasteiger partial charge is 0.126 e. The molecule has 1 saturated heterocycles. The first-order chi connectivity index (χ1) is 8.34. The summed E-state index contributed by atoms with van der Waals surface area (Å²) in [5.74, 6) is 0.892. The van der Waals surface area contributed by atoms with Crippen molar-refractivity contribution in [3.8, 4) is 5.75 Å². The highest BCUT2D eigenvalue weighted by atomic mass is 16.5. The van der Waals surface area contributed by atoms with Crippen LogP contribution in [0.25, 0.3) is 0 Å². The number of benzene rings is 1. The molecule has 3 nitrogen and oxygen atoms in total. The predicted octanol–water partition coefficient (Wildman–Crippen LogP) is 2.22. The van der Waals surface area contributed by atoms with Gasteiger partial charge in [0.25, 0.3) is 0 Å². The van der Waals surface area contributed by atoms with Crippen LogP contribution in [0.4, 0.5) is 0 Å². The highest BCUT2D eigenvalue weighted by Crippen LogP contribution is 2.12. The summed E-state index contributed by atoms with van der Waals surface area (Å²) in [6, 6.07) is 8.05. The van der Waals surface area contributed by atoms with Crippen molar-refractivity contribution in [1.82, 2.24) is 4.90 Å². The van der Waals surface area contributed by atoms with Gasteiger partial charge in [0.05, 0.1) is 19.5 Å². The van der Waals surface area contributed by atoms with Gasteiger partial charge in [-0.25, -0.2) is 0 Å². The molecule has 1 fully saturated rings. The Kier molecular flexibility index (Phi) is 4.59. The SMILES string of the molecule is Cc1cccc(O/C=C/CN2CCOCC2)c1. The molecule has 2 rings (SSSR count). The molecule has 0 aliphatic carbocycles. The summed E-state index contributed by atoms with van der Waals surface area (Å²) < 4.78 is 10.8. The third-order valence-corrected chi connectivity index (χ3v) is 2.76. The van der Waals surface area contributed by atoms with Crippen LogP contribution in [0.15, 0.2) is 36.6 Å². The summed E-state index contributed by atoms with van der Waals surface area (Å²) >= 11 is 0. The number of nitrogens with zero attached hydrogens (tertiary/aromatic N) is 1. The molecule has 92 valence electrons. The quantitative estimate of drug-likeness (QED) is 0.744. The molecular weight excluding hydrogens is 214 g/mol. The van der Waals surface area contributed by atoms with Crippen molar-refractivity contribution in [2.75, 3.05) is 32.8 Å². The lowest BCUT2D eigenvalue weighted by atomic mass is 10.2. The highest BCUT2D eigenvalue weighted by molar-refractivity contribution is 5.27. The molecule has 3 heteroatoms. The van der Waals surface area contributed by atoms with Crippen LogP contribution in [0, 0.1) is 6.92 Å². The average molecular weight is 233 g/mol. The first-order valence-corrected chi connectivity index (χ1v) is 6.03. The van der Waals surface area contributed by atoms with Crippen molar-refractivity contribution < 1.29 is 9.47 Å². The molecular formula is C14H19NO2. The van der Waals surface area contributed by atoms with E-state index >= 15 is 0 Å². The molecule has 0 N–H and O–H groups in total. The second-order valence-corrected chi connectivity index (χ2v) is 4.22. The normalized spacial score (nSPS) is 17.5. The van der Waals surface area contributed by atoms with Gasteiger partial charge < -0.3 is 9.47 Å². The molecule has 0 aromatic heterocycles. The minimum Gasteiger partial charge on any atom is -0.465 e. The lowest BCUT2D eigenvalue weighted by molar-refractivity contribution is 0.0433. The van der Waals surface area contributed by atoms with Gasteiger partial charge in [-0.15, -0.1) is 0 Å². The monoisotopic (exact) mass is 233 g/mol. The summed E-state index contributed by atoms with van der Waals surface area (Å²) in [4.78, 5) is 2.35. The van der Waals surface area contributed by atoms with E-state index in [1.807, 2.05) is 24.3 Å². The van der Waals surface area contributed by atoms with Crippen molar-refractivity contribution in [1.29, 1.82) is 0 Å². The summed E-state index contributed by atoms with van der Waals surface area (Å²) in [7, 11) is 0. The van der Waals surface area contributed by atoms with E-state index in [2.05, 4.69) is 17.9 Å². The van der Waals surface area contributed by atoms with Crippen LogP contribution >= 0.6 is 0 Å². The van der Waals surface area contributed by atoms with Gasteiger partial charge in [-0.05, 0) is 30.7 Å². The first kappa shape index (κ1) is 12.1. The predicted molar refractivity (Wildman–Crippen MR) is 68.2 cm³/mol. The van der Waals surface area contributed by atoms with E-state index in [1.54, 1.807) is 6.26 Å². The van der Waals surface area contributed by atoms with Crippen LogP contribution in [-0.4, -0.2) is 37.7 Å². The van der Waals surface area contributed by atoms with Gasteiger partial charge in [-0.3, -0.25) is 4.90 Å². The van der Waals surface area contributed by atoms with Crippen molar-refractivity contribution in [2.24, 2.45) is 0 Å². The molecule has 0 amide bonds. The van der Waals surface area contributed by atoms with Gasteiger partial charge in [0.2, 0.25) is 0 Å². The Labute approximate surface area is 103 Å². The van der Waals surface area contributed by atoms with E-state index < -0.39 is 0 Å². The highest BCUT2D eigenvalue weighted by Gasteiger charge is 2.07. The van der Waals surface area contributed by atoms with Crippen LogP contribution in [0.1, 0.15) is 5.56 Å². The van der Waals surface area contributed by atoms with E-state index in [-0.39, 0.29) is 0 Å². The van der Waals surface area contributed by atoms with Gasteiger partial charge in [-0.2, -0.15) is 0 Å². The molecule has 1 heterocycles. The van der Waals surface area contributed by atoms with Crippen LogP contribution in [-0.2, 0) is 4.74 Å². The summed E-state index contributed by atoms with van der Waals surface area (Å²) in [6.45, 7) is 6.68. The minimum atomic E-state index is 0.840. The Morgan fingerprint density at radius 3 is 2.94 bits per heavy atom. The summed E-state index contributed by atoms with van der Waals surface area (Å²) in [5, 5.41) is 0. The molecule has 0 atom stereocenters. The second-order valence-electron chi connectivity index (χ2n) is 4.22. The van der Waals surface area contributed by atoms with E-state index in [1.165, 1.54) is 5.56 Å². The number of hydrogen-bond acceptors (Lipinski definition) is 3. The van der Waals surface area contributed by atoms with Gasteiger partial charge in [-0.1, -0.05) is 12.1 Å². The number of ether oxygens (including phenoxy) is 2. The van der Waals surface area contributed by atoms with Gasteiger partial charge in [0.15, 0.2) is 0 Å². The lowest BCUT2D eigenvalue weighted by Gasteiger charge is -2.24. The molecule has 0 radical (unpaired) electrons. The number of aryl methyl sites for hydroxylation is 1. The third-order valence-electron chi connectivity index (χ3n) is 2.76. The van der Waals surface area contributed by atoms with Crippen LogP contribution in [0.2, 0.25) is 0 Å². The number of hydrogen-bond donors (Lipinski definition) is 0. The van der Waals surface area contributed by atoms with Crippen molar-refractivity contribution in [3.05, 3.63) is 42.2 Å². The molecule has 0 saturated carbocycles. The zero-order valence-electron chi connectivity index (χ0n) is 10.3. The molecule has 0 bridgehead atoms. The molecule has 0 spiro atoms. The van der Waals surface area contributed by atoms with Gasteiger partial charge in [0.1, 0.15) is 5.75 Å². The lowest BCUT2D eigenvalue weighted by Crippen LogP contribution is -2.36. The van der Waals surface area contributed by atoms with Gasteiger partial charge >= 0.3 is 0 Å². The zero-order valence-corrected chi connectivity index (χ0v) is 10.3. The first-order valence-electron chi connectivity index (χ1n) is 6.03. The molecule has 17 heavy (non-hydrogen) atoms. The topological polar surface area (TPSA) is 21.7 Å². The van der Waals surface area contributed by atoms with Crippen LogP contribution in [0.5, 0.6) is 5.75 Å². The Morgan fingerprint density at radius 2 is 2.18 bits per heavy atom. The zero-order chi connectivity index (χ0) is 11.9. The van der Waals surface area contributed by atoms with Crippen molar-refractivity contribution >= 4 is 0 Å². The molecule has 1 aliphatic rings. The largest absolute Gasteiger partial charge is 0.465 e. The van der Waals surface area contributed by atoms with E-state index in [9.17, 15) is 0 Å². The van der Waals surface area contributed by atoms with E-state index in [0.717, 1.165) is 38.6 Å². The van der Waals surface area contributed by atoms with E-state index in [4.69, 9.17) is 9.47 Å². The maximum absolute atomic E-state index is 5.54. The third kappa shape index (κ3) is 4.21. The fraction of sp³-hybridized carbons (Fsp3) is 0.429. The average Bonchev–Trinajstić information content (AvgIpc) is 2.36.